The number of unbranched alkanes of at least 4 members (excludes halogenated alkanes) is 5. The smallest absolute Gasteiger partial charge is 0.473 e. The molecule has 1 aromatic rings. The second-order valence-corrected chi connectivity index (χ2v) is 4.79. The van der Waals surface area contributed by atoms with Crippen LogP contribution in [0.15, 0.2) is 30.5 Å². The van der Waals surface area contributed by atoms with Crippen LogP contribution in [0.2, 0.25) is 0 Å². The largest absolute Gasteiger partial charge is 0.490 e. The highest BCUT2D eigenvalue weighted by molar-refractivity contribution is 6.58. The fraction of sp³-hybridized carbons (Fsp3) is 0.533. The number of hydrogen-bond acceptors (Lipinski definition) is 4. The van der Waals surface area contributed by atoms with E-state index in [9.17, 15) is 0 Å². The molecular formula is C15H24BNO3. The van der Waals surface area contributed by atoms with Gasteiger partial charge in [0.1, 0.15) is 6.61 Å². The zero-order valence-electron chi connectivity index (χ0n) is 12.2. The first-order valence-electron chi connectivity index (χ1n) is 7.34. The van der Waals surface area contributed by atoms with E-state index in [-0.39, 0.29) is 0 Å². The third-order valence-corrected chi connectivity index (χ3v) is 3.03. The van der Waals surface area contributed by atoms with E-state index in [0.717, 1.165) is 6.42 Å². The monoisotopic (exact) mass is 277 g/mol. The van der Waals surface area contributed by atoms with Gasteiger partial charge in [-0.2, -0.15) is 0 Å². The summed E-state index contributed by atoms with van der Waals surface area (Å²) in [6.45, 7) is 2.71. The molecule has 5 heteroatoms. The lowest BCUT2D eigenvalue weighted by molar-refractivity contribution is 0.348. The fourth-order valence-corrected chi connectivity index (χ4v) is 1.81. The van der Waals surface area contributed by atoms with Crippen LogP contribution in [0.3, 0.4) is 0 Å². The Morgan fingerprint density at radius 1 is 1.15 bits per heavy atom. The van der Waals surface area contributed by atoms with Gasteiger partial charge in [-0.25, -0.2) is 4.98 Å². The van der Waals surface area contributed by atoms with Crippen LogP contribution in [0.5, 0.6) is 5.88 Å². The minimum Gasteiger partial charge on any atom is -0.473 e. The van der Waals surface area contributed by atoms with Gasteiger partial charge in [0.2, 0.25) is 5.88 Å². The third kappa shape index (κ3) is 7.31. The Morgan fingerprint density at radius 3 is 2.60 bits per heavy atom. The van der Waals surface area contributed by atoms with Crippen LogP contribution in [-0.2, 0) is 0 Å². The third-order valence-electron chi connectivity index (χ3n) is 3.03. The Balaban J connectivity index is 2.11. The predicted molar refractivity (Wildman–Crippen MR) is 82.1 cm³/mol. The Morgan fingerprint density at radius 2 is 1.95 bits per heavy atom. The molecule has 0 saturated carbocycles. The molecule has 0 saturated heterocycles. The molecule has 0 unspecified atom stereocenters. The van der Waals surface area contributed by atoms with Crippen LogP contribution in [0.4, 0.5) is 0 Å². The van der Waals surface area contributed by atoms with Gasteiger partial charge >= 0.3 is 7.12 Å². The van der Waals surface area contributed by atoms with Crippen LogP contribution >= 0.6 is 0 Å². The summed E-state index contributed by atoms with van der Waals surface area (Å²) in [4.78, 5) is 3.99. The van der Waals surface area contributed by atoms with Crippen molar-refractivity contribution in [2.24, 2.45) is 0 Å². The molecule has 0 aliphatic rings. The second-order valence-electron chi connectivity index (χ2n) is 4.79. The minimum absolute atomic E-state index is 0.361. The highest BCUT2D eigenvalue weighted by Gasteiger charge is 2.10. The van der Waals surface area contributed by atoms with E-state index in [1.807, 2.05) is 6.08 Å². The fourth-order valence-electron chi connectivity index (χ4n) is 1.81. The van der Waals surface area contributed by atoms with Crippen molar-refractivity contribution in [3.05, 3.63) is 30.5 Å². The summed E-state index contributed by atoms with van der Waals surface area (Å²) in [5.41, 5.74) is 0.361. The van der Waals surface area contributed by atoms with Crippen molar-refractivity contribution in [2.45, 2.75) is 45.4 Å². The first kappa shape index (κ1) is 16.7. The van der Waals surface area contributed by atoms with Crippen molar-refractivity contribution in [1.82, 2.24) is 4.98 Å². The number of pyridine rings is 1. The molecule has 0 bridgehead atoms. The van der Waals surface area contributed by atoms with Crippen LogP contribution in [-0.4, -0.2) is 28.8 Å². The maximum absolute atomic E-state index is 8.93. The lowest BCUT2D eigenvalue weighted by Gasteiger charge is -2.03. The van der Waals surface area contributed by atoms with Gasteiger partial charge in [-0.15, -0.1) is 0 Å². The molecule has 110 valence electrons. The van der Waals surface area contributed by atoms with Crippen molar-refractivity contribution in [1.29, 1.82) is 0 Å². The summed E-state index contributed by atoms with van der Waals surface area (Å²) in [7, 11) is -1.48. The van der Waals surface area contributed by atoms with Gasteiger partial charge in [0.25, 0.3) is 0 Å². The van der Waals surface area contributed by atoms with Gasteiger partial charge in [-0.3, -0.25) is 0 Å². The first-order valence-corrected chi connectivity index (χ1v) is 7.34. The number of ether oxygens (including phenoxy) is 1. The number of rotatable bonds is 10. The zero-order chi connectivity index (χ0) is 14.6. The maximum atomic E-state index is 8.93. The van der Waals surface area contributed by atoms with Crippen LogP contribution in [0.1, 0.15) is 45.4 Å². The number of hydrogen-bond donors (Lipinski definition) is 2. The van der Waals surface area contributed by atoms with Crippen LogP contribution in [0.25, 0.3) is 0 Å². The summed E-state index contributed by atoms with van der Waals surface area (Å²) in [5.74, 6) is 0.488. The van der Waals surface area contributed by atoms with E-state index >= 15 is 0 Å². The van der Waals surface area contributed by atoms with Crippen molar-refractivity contribution in [2.75, 3.05) is 6.61 Å². The Bertz CT molecular complexity index is 379. The average Bonchev–Trinajstić information content (AvgIpc) is 2.46. The van der Waals surface area contributed by atoms with E-state index in [0.29, 0.717) is 17.9 Å². The molecular weight excluding hydrogens is 253 g/mol. The molecule has 1 heterocycles. The summed E-state index contributed by atoms with van der Waals surface area (Å²) >= 11 is 0. The SMILES string of the molecule is CCCCCCCC=CCOc1ccc(B(O)O)cn1. The van der Waals surface area contributed by atoms with E-state index in [4.69, 9.17) is 14.8 Å². The Hall–Kier alpha value is -1.33. The number of nitrogens with zero attached hydrogens (tertiary/aromatic N) is 1. The van der Waals surface area contributed by atoms with Gasteiger partial charge in [0, 0.05) is 11.7 Å². The molecule has 0 atom stereocenters. The molecule has 2 N–H and O–H groups in total. The van der Waals surface area contributed by atoms with E-state index in [2.05, 4.69) is 18.0 Å². The Kier molecular flexibility index (Phi) is 8.75. The van der Waals surface area contributed by atoms with Gasteiger partial charge < -0.3 is 14.8 Å². The first-order chi connectivity index (χ1) is 9.74. The highest BCUT2D eigenvalue weighted by Crippen LogP contribution is 2.06. The number of aromatic nitrogens is 1. The summed E-state index contributed by atoms with van der Waals surface area (Å²) in [5, 5.41) is 17.9. The van der Waals surface area contributed by atoms with E-state index < -0.39 is 7.12 Å². The molecule has 1 aromatic heterocycles. The maximum Gasteiger partial charge on any atom is 0.490 e. The topological polar surface area (TPSA) is 62.6 Å². The number of allylic oxidation sites excluding steroid dienone is 1. The molecule has 20 heavy (non-hydrogen) atoms. The molecule has 0 aromatic carbocycles. The van der Waals surface area contributed by atoms with Gasteiger partial charge in [-0.05, 0) is 18.9 Å². The van der Waals surface area contributed by atoms with Crippen molar-refractivity contribution < 1.29 is 14.8 Å². The molecule has 0 amide bonds. The molecule has 0 aliphatic heterocycles. The molecule has 0 aliphatic carbocycles. The van der Waals surface area contributed by atoms with Crippen molar-refractivity contribution >= 4 is 12.6 Å². The normalized spacial score (nSPS) is 10.9. The molecule has 0 spiro atoms. The van der Waals surface area contributed by atoms with Crippen molar-refractivity contribution in [3.8, 4) is 5.88 Å². The lowest BCUT2D eigenvalue weighted by Crippen LogP contribution is -2.29. The quantitative estimate of drug-likeness (QED) is 0.390. The Labute approximate surface area is 121 Å². The van der Waals surface area contributed by atoms with Crippen LogP contribution in [0, 0.1) is 0 Å². The van der Waals surface area contributed by atoms with E-state index in [1.165, 1.54) is 38.3 Å². The van der Waals surface area contributed by atoms with Crippen LogP contribution < -0.4 is 10.2 Å². The van der Waals surface area contributed by atoms with Gasteiger partial charge in [0.15, 0.2) is 0 Å². The molecule has 0 radical (unpaired) electrons. The van der Waals surface area contributed by atoms with Gasteiger partial charge in [0.05, 0.1) is 0 Å². The van der Waals surface area contributed by atoms with Crippen molar-refractivity contribution in [3.63, 3.8) is 0 Å². The molecule has 0 fully saturated rings. The van der Waals surface area contributed by atoms with E-state index in [1.54, 1.807) is 12.1 Å². The average molecular weight is 277 g/mol. The summed E-state index contributed by atoms with van der Waals surface area (Å²) in [6.07, 6.45) is 13.1. The molecule has 4 nitrogen and oxygen atoms in total. The molecule has 1 rings (SSSR count). The standard InChI is InChI=1S/C15H24BNO3/c1-2-3-4-5-6-7-8-9-12-20-15-11-10-14(13-17-15)16(18)19/h8-11,13,18-19H,2-7,12H2,1H3. The summed E-state index contributed by atoms with van der Waals surface area (Å²) in [6, 6.07) is 3.22. The highest BCUT2D eigenvalue weighted by atomic mass is 16.5. The lowest BCUT2D eigenvalue weighted by atomic mass is 9.82. The minimum atomic E-state index is -1.48. The zero-order valence-corrected chi connectivity index (χ0v) is 12.2. The predicted octanol–water partition coefficient (Wildman–Crippen LogP) is 2.06. The van der Waals surface area contributed by atoms with Gasteiger partial charge in [-0.1, -0.05) is 50.8 Å². The second kappa shape index (κ2) is 10.5. The summed E-state index contributed by atoms with van der Waals surface area (Å²) < 4.78 is 5.42.